The average Bonchev–Trinajstić information content (AvgIpc) is 2.81. The number of esters is 2. The highest BCUT2D eigenvalue weighted by Gasteiger charge is 2.24. The van der Waals surface area contributed by atoms with Crippen molar-refractivity contribution in [2.45, 2.75) is 58.8 Å². The van der Waals surface area contributed by atoms with E-state index in [9.17, 15) is 14.4 Å². The normalized spacial score (nSPS) is 18.4. The van der Waals surface area contributed by atoms with E-state index < -0.39 is 0 Å². The molecule has 2 aromatic carbocycles. The summed E-state index contributed by atoms with van der Waals surface area (Å²) in [5.74, 6) is -0.00653. The third kappa shape index (κ3) is 7.01. The Bertz CT molecular complexity index is 959. The molecule has 5 heteroatoms. The van der Waals surface area contributed by atoms with E-state index in [4.69, 9.17) is 9.47 Å². The molecule has 0 radical (unpaired) electrons. The molecule has 1 saturated carbocycles. The van der Waals surface area contributed by atoms with Crippen LogP contribution in [0.25, 0.3) is 0 Å². The molecule has 2 aromatic rings. The Morgan fingerprint density at radius 3 is 1.42 bits per heavy atom. The minimum Gasteiger partial charge on any atom is -0.462 e. The molecule has 0 aromatic heterocycles. The number of hydrogen-bond donors (Lipinski definition) is 0. The molecule has 0 unspecified atom stereocenters. The summed E-state index contributed by atoms with van der Waals surface area (Å²) in [5, 5.41) is 0. The van der Waals surface area contributed by atoms with Gasteiger partial charge in [-0.05, 0) is 79.7 Å². The average molecular weight is 451 g/mol. The van der Waals surface area contributed by atoms with Gasteiger partial charge in [0.25, 0.3) is 0 Å². The van der Waals surface area contributed by atoms with Gasteiger partial charge in [-0.3, -0.25) is 4.79 Å². The Balaban J connectivity index is 1.38. The minimum absolute atomic E-state index is 0.0317. The van der Waals surface area contributed by atoms with Gasteiger partial charge in [0.15, 0.2) is 5.78 Å². The second-order valence-electron chi connectivity index (χ2n) is 10.0. The van der Waals surface area contributed by atoms with E-state index in [2.05, 4.69) is 20.8 Å². The quantitative estimate of drug-likeness (QED) is 0.382. The van der Waals surface area contributed by atoms with Crippen molar-refractivity contribution in [3.8, 4) is 0 Å². The van der Waals surface area contributed by atoms with Crippen molar-refractivity contribution in [1.82, 2.24) is 0 Å². The fourth-order valence-electron chi connectivity index (χ4n) is 4.07. The first-order valence-corrected chi connectivity index (χ1v) is 11.7. The second-order valence-corrected chi connectivity index (χ2v) is 10.0. The lowest BCUT2D eigenvalue weighted by atomic mass is 9.83. The Morgan fingerprint density at radius 2 is 1.06 bits per heavy atom. The van der Waals surface area contributed by atoms with Crippen molar-refractivity contribution in [2.24, 2.45) is 11.8 Å². The largest absolute Gasteiger partial charge is 0.462 e. The molecule has 176 valence electrons. The fourth-order valence-corrected chi connectivity index (χ4v) is 4.07. The number of hydrogen-bond acceptors (Lipinski definition) is 5. The van der Waals surface area contributed by atoms with Crippen LogP contribution in [-0.4, -0.2) is 30.9 Å². The maximum absolute atomic E-state index is 12.4. The van der Waals surface area contributed by atoms with Crippen LogP contribution in [0.5, 0.6) is 0 Å². The molecule has 1 aliphatic carbocycles. The summed E-state index contributed by atoms with van der Waals surface area (Å²) in [7, 11) is 0. The van der Waals surface area contributed by atoms with Gasteiger partial charge in [0.05, 0.1) is 24.3 Å². The van der Waals surface area contributed by atoms with Crippen LogP contribution in [0.1, 0.15) is 90.0 Å². The van der Waals surface area contributed by atoms with E-state index in [0.717, 1.165) is 25.7 Å². The third-order valence-electron chi connectivity index (χ3n) is 6.38. The van der Waals surface area contributed by atoms with Crippen molar-refractivity contribution in [2.75, 3.05) is 13.2 Å². The molecule has 5 nitrogen and oxygen atoms in total. The number of benzene rings is 2. The maximum atomic E-state index is 12.4. The summed E-state index contributed by atoms with van der Waals surface area (Å²) >= 11 is 0. The number of carbonyl (C=O) groups is 3. The van der Waals surface area contributed by atoms with Crippen molar-refractivity contribution < 1.29 is 23.9 Å². The molecule has 0 amide bonds. The topological polar surface area (TPSA) is 69.7 Å². The number of ether oxygens (including phenoxy) is 2. The molecule has 0 heterocycles. The minimum atomic E-state index is -0.362. The Labute approximate surface area is 196 Å². The Kier molecular flexibility index (Phi) is 8.06. The van der Waals surface area contributed by atoms with Gasteiger partial charge in [-0.2, -0.15) is 0 Å². The molecule has 3 rings (SSSR count). The lowest BCUT2D eigenvalue weighted by molar-refractivity contribution is 0.0297. The van der Waals surface area contributed by atoms with Gasteiger partial charge in [0.1, 0.15) is 0 Å². The lowest BCUT2D eigenvalue weighted by Crippen LogP contribution is -2.24. The van der Waals surface area contributed by atoms with E-state index in [1.165, 1.54) is 12.5 Å². The summed E-state index contributed by atoms with van der Waals surface area (Å²) in [5.41, 5.74) is 2.85. The van der Waals surface area contributed by atoms with Crippen LogP contribution in [0.15, 0.2) is 48.5 Å². The van der Waals surface area contributed by atoms with Crippen LogP contribution in [0, 0.1) is 11.8 Å². The van der Waals surface area contributed by atoms with Crippen LogP contribution in [0.2, 0.25) is 0 Å². The van der Waals surface area contributed by atoms with E-state index >= 15 is 0 Å². The predicted octanol–water partition coefficient (Wildman–Crippen LogP) is 6.01. The third-order valence-corrected chi connectivity index (χ3v) is 6.38. The SMILES string of the molecule is CC(=O)c1ccc(C(=O)OCC2CCC(COC(=O)c3ccc(C(C)(C)C)cc3)CC2)cc1. The van der Waals surface area contributed by atoms with Gasteiger partial charge in [-0.15, -0.1) is 0 Å². The van der Waals surface area contributed by atoms with Gasteiger partial charge < -0.3 is 9.47 Å². The molecular formula is C28H34O5. The summed E-state index contributed by atoms with van der Waals surface area (Å²) in [6.45, 7) is 8.74. The van der Waals surface area contributed by atoms with Crippen LogP contribution in [0.3, 0.4) is 0 Å². The molecule has 0 aliphatic heterocycles. The van der Waals surface area contributed by atoms with E-state index in [0.29, 0.717) is 41.7 Å². The summed E-state index contributed by atoms with van der Waals surface area (Å²) in [4.78, 5) is 36.0. The second kappa shape index (κ2) is 10.8. The first-order valence-electron chi connectivity index (χ1n) is 11.7. The molecule has 0 atom stereocenters. The standard InChI is InChI=1S/C28H34O5/c1-19(29)22-9-11-23(12-10-22)26(30)32-17-20-5-7-21(8-6-20)18-33-27(31)24-13-15-25(16-14-24)28(2,3)4/h9-16,20-21H,5-8,17-18H2,1-4H3. The highest BCUT2D eigenvalue weighted by Crippen LogP contribution is 2.30. The van der Waals surface area contributed by atoms with Crippen molar-refractivity contribution in [3.63, 3.8) is 0 Å². The Hall–Kier alpha value is -2.95. The highest BCUT2D eigenvalue weighted by atomic mass is 16.5. The first kappa shape index (κ1) is 24.7. The highest BCUT2D eigenvalue weighted by molar-refractivity contribution is 5.96. The predicted molar refractivity (Wildman–Crippen MR) is 128 cm³/mol. The van der Waals surface area contributed by atoms with Crippen molar-refractivity contribution >= 4 is 17.7 Å². The number of carbonyl (C=O) groups excluding carboxylic acids is 3. The molecule has 0 bridgehead atoms. The molecule has 0 spiro atoms. The van der Waals surface area contributed by atoms with Crippen molar-refractivity contribution in [1.29, 1.82) is 0 Å². The van der Waals surface area contributed by atoms with Crippen LogP contribution < -0.4 is 0 Å². The van der Waals surface area contributed by atoms with E-state index in [1.54, 1.807) is 24.3 Å². The van der Waals surface area contributed by atoms with Gasteiger partial charge in [-0.25, -0.2) is 9.59 Å². The molecule has 0 saturated heterocycles. The number of Topliss-reactive ketones (excluding diaryl/α,β-unsaturated/α-hetero) is 1. The molecular weight excluding hydrogens is 416 g/mol. The molecule has 1 fully saturated rings. The van der Waals surface area contributed by atoms with E-state index in [-0.39, 0.29) is 23.1 Å². The van der Waals surface area contributed by atoms with Gasteiger partial charge in [-0.1, -0.05) is 45.0 Å². The van der Waals surface area contributed by atoms with E-state index in [1.807, 2.05) is 24.3 Å². The van der Waals surface area contributed by atoms with Gasteiger partial charge in [0, 0.05) is 5.56 Å². The van der Waals surface area contributed by atoms with Gasteiger partial charge >= 0.3 is 11.9 Å². The number of rotatable bonds is 7. The van der Waals surface area contributed by atoms with Crippen molar-refractivity contribution in [3.05, 3.63) is 70.8 Å². The van der Waals surface area contributed by atoms with Gasteiger partial charge in [0.2, 0.25) is 0 Å². The zero-order valence-corrected chi connectivity index (χ0v) is 20.1. The number of ketones is 1. The molecule has 1 aliphatic rings. The monoisotopic (exact) mass is 450 g/mol. The lowest BCUT2D eigenvalue weighted by Gasteiger charge is -2.27. The summed E-state index contributed by atoms with van der Waals surface area (Å²) in [6.07, 6.45) is 3.79. The van der Waals surface area contributed by atoms with Crippen LogP contribution in [-0.2, 0) is 14.9 Å². The molecule has 33 heavy (non-hydrogen) atoms. The summed E-state index contributed by atoms with van der Waals surface area (Å²) < 4.78 is 11.0. The summed E-state index contributed by atoms with van der Waals surface area (Å²) in [6, 6.07) is 14.2. The Morgan fingerprint density at radius 1 is 0.697 bits per heavy atom. The smallest absolute Gasteiger partial charge is 0.338 e. The zero-order chi connectivity index (χ0) is 24.0. The maximum Gasteiger partial charge on any atom is 0.338 e. The fraction of sp³-hybridized carbons (Fsp3) is 0.464. The molecule has 0 N–H and O–H groups in total. The van der Waals surface area contributed by atoms with Crippen LogP contribution >= 0.6 is 0 Å². The first-order chi connectivity index (χ1) is 15.6. The zero-order valence-electron chi connectivity index (χ0n) is 20.1. The van der Waals surface area contributed by atoms with Crippen LogP contribution in [0.4, 0.5) is 0 Å².